The molecule has 2 aromatic carbocycles. The van der Waals surface area contributed by atoms with Crippen molar-refractivity contribution < 1.29 is 9.53 Å². The van der Waals surface area contributed by atoms with Crippen LogP contribution in [-0.2, 0) is 11.3 Å². The molecule has 0 radical (unpaired) electrons. The van der Waals surface area contributed by atoms with Crippen LogP contribution < -0.4 is 10.5 Å². The number of allylic oxidation sites excluding steroid dienone is 1. The molecule has 1 fully saturated rings. The van der Waals surface area contributed by atoms with E-state index in [1.165, 1.54) is 6.33 Å². The van der Waals surface area contributed by atoms with E-state index in [0.29, 0.717) is 47.9 Å². The summed E-state index contributed by atoms with van der Waals surface area (Å²) in [6.07, 6.45) is 3.99. The summed E-state index contributed by atoms with van der Waals surface area (Å²) >= 11 is 0. The maximum absolute atomic E-state index is 13.0. The molecule has 0 aliphatic carbocycles. The van der Waals surface area contributed by atoms with Crippen LogP contribution >= 0.6 is 0 Å². The number of carbonyl (C=O) groups excluding carboxylic acids is 1. The number of likely N-dealkylation sites (tertiary alicyclic amines) is 1. The van der Waals surface area contributed by atoms with E-state index in [-0.39, 0.29) is 22.8 Å². The first kappa shape index (κ1) is 25.9. The Morgan fingerprint density at radius 3 is 2.54 bits per heavy atom. The highest BCUT2D eigenvalue weighted by molar-refractivity contribution is 5.98. The first-order valence-electron chi connectivity index (χ1n) is 12.9. The van der Waals surface area contributed by atoms with Crippen molar-refractivity contribution in [3.63, 3.8) is 0 Å². The van der Waals surface area contributed by atoms with Gasteiger partial charge in [0.15, 0.2) is 5.65 Å². The van der Waals surface area contributed by atoms with Crippen molar-refractivity contribution in [1.82, 2.24) is 24.6 Å². The lowest BCUT2D eigenvalue weighted by Gasteiger charge is -2.18. The molecule has 0 bridgehead atoms. The zero-order chi connectivity index (χ0) is 27.6. The summed E-state index contributed by atoms with van der Waals surface area (Å²) in [7, 11) is 0. The molecule has 1 atom stereocenters. The number of benzene rings is 2. The average Bonchev–Trinajstić information content (AvgIpc) is 3.53. The maximum Gasteiger partial charge on any atom is 0.264 e. The maximum atomic E-state index is 13.0. The summed E-state index contributed by atoms with van der Waals surface area (Å²) < 4.78 is 7.78. The average molecular weight is 522 g/mol. The lowest BCUT2D eigenvalue weighted by Crippen LogP contribution is -2.30. The van der Waals surface area contributed by atoms with Crippen LogP contribution in [0.15, 0.2) is 72.6 Å². The van der Waals surface area contributed by atoms with Gasteiger partial charge in [-0.3, -0.25) is 4.79 Å². The number of ether oxygens (including phenoxy) is 1. The minimum atomic E-state index is -0.254. The molecule has 1 aliphatic rings. The van der Waals surface area contributed by atoms with Crippen molar-refractivity contribution in [3.05, 3.63) is 72.6 Å². The number of anilines is 1. The van der Waals surface area contributed by atoms with Crippen LogP contribution in [0.25, 0.3) is 22.3 Å². The molecular weight excluding hydrogens is 490 g/mol. The Hall–Kier alpha value is -4.71. The number of nitriles is 1. The number of hydrogen-bond donors (Lipinski definition) is 1. The van der Waals surface area contributed by atoms with E-state index < -0.39 is 0 Å². The lowest BCUT2D eigenvalue weighted by atomic mass is 9.93. The molecule has 198 valence electrons. The molecule has 4 aromatic rings. The number of rotatable bonds is 6. The molecule has 2 N–H and O–H groups in total. The van der Waals surface area contributed by atoms with Crippen molar-refractivity contribution >= 4 is 22.8 Å². The standard InChI is InChI=1S/C30H31N7O2/c1-30(2,3)15-22(16-31)29(38)36-14-13-20(17-36)18-37-28-25(27(32)33-19-34-28)26(35-37)21-9-11-24(12-10-21)39-23-7-5-4-6-8-23/h4-12,15,19-20H,13-14,17-18H2,1-3H3,(H2,32,33,34). The Kier molecular flexibility index (Phi) is 7.03. The van der Waals surface area contributed by atoms with Gasteiger partial charge in [0.2, 0.25) is 0 Å². The van der Waals surface area contributed by atoms with E-state index in [1.807, 2.05) is 80.1 Å². The monoisotopic (exact) mass is 521 g/mol. The molecule has 0 spiro atoms. The number of hydrogen-bond acceptors (Lipinski definition) is 7. The van der Waals surface area contributed by atoms with Crippen LogP contribution in [0, 0.1) is 22.7 Å². The first-order chi connectivity index (χ1) is 18.7. The SMILES string of the molecule is CC(C)(C)C=C(C#N)C(=O)N1CCC(Cn2nc(-c3ccc(Oc4ccccc4)cc3)c3c(N)ncnc32)C1. The second-order valence-electron chi connectivity index (χ2n) is 10.9. The summed E-state index contributed by atoms with van der Waals surface area (Å²) in [6.45, 7) is 7.63. The van der Waals surface area contributed by atoms with Crippen molar-refractivity contribution in [2.75, 3.05) is 18.8 Å². The number of amides is 1. The van der Waals surface area contributed by atoms with E-state index in [1.54, 1.807) is 11.0 Å². The molecule has 1 unspecified atom stereocenters. The molecule has 3 heterocycles. The zero-order valence-electron chi connectivity index (χ0n) is 22.3. The predicted octanol–water partition coefficient (Wildman–Crippen LogP) is 5.21. The van der Waals surface area contributed by atoms with Crippen LogP contribution in [0.5, 0.6) is 11.5 Å². The summed E-state index contributed by atoms with van der Waals surface area (Å²) in [5.41, 5.74) is 8.44. The van der Waals surface area contributed by atoms with Gasteiger partial charge in [-0.15, -0.1) is 0 Å². The molecule has 1 aliphatic heterocycles. The van der Waals surface area contributed by atoms with Gasteiger partial charge in [-0.1, -0.05) is 45.0 Å². The van der Waals surface area contributed by atoms with Gasteiger partial charge in [0.05, 0.1) is 5.39 Å². The van der Waals surface area contributed by atoms with Crippen molar-refractivity contribution in [1.29, 1.82) is 5.26 Å². The topological polar surface area (TPSA) is 123 Å². The highest BCUT2D eigenvalue weighted by atomic mass is 16.5. The van der Waals surface area contributed by atoms with Crippen molar-refractivity contribution in [2.45, 2.75) is 33.7 Å². The Morgan fingerprint density at radius 1 is 1.13 bits per heavy atom. The summed E-state index contributed by atoms with van der Waals surface area (Å²) in [5.74, 6) is 1.78. The molecule has 0 saturated carbocycles. The highest BCUT2D eigenvalue weighted by Gasteiger charge is 2.30. The van der Waals surface area contributed by atoms with Gasteiger partial charge in [0.1, 0.15) is 41.0 Å². The number of carbonyl (C=O) groups is 1. The second kappa shape index (κ2) is 10.6. The first-order valence-corrected chi connectivity index (χ1v) is 12.9. The fourth-order valence-corrected chi connectivity index (χ4v) is 4.82. The quantitative estimate of drug-likeness (QED) is 0.273. The smallest absolute Gasteiger partial charge is 0.264 e. The Bertz CT molecular complexity index is 1560. The number of nitrogen functional groups attached to an aromatic ring is 1. The largest absolute Gasteiger partial charge is 0.457 e. The van der Waals surface area contributed by atoms with Gasteiger partial charge in [-0.25, -0.2) is 14.6 Å². The number of para-hydroxylation sites is 1. The third kappa shape index (κ3) is 5.75. The number of nitrogens with zero attached hydrogens (tertiary/aromatic N) is 6. The van der Waals surface area contributed by atoms with Crippen LogP contribution in [0.2, 0.25) is 0 Å². The molecule has 39 heavy (non-hydrogen) atoms. The van der Waals surface area contributed by atoms with E-state index in [9.17, 15) is 10.1 Å². The van der Waals surface area contributed by atoms with Crippen LogP contribution in [-0.4, -0.2) is 43.6 Å². The molecule has 9 heteroatoms. The van der Waals surface area contributed by atoms with Crippen LogP contribution in [0.3, 0.4) is 0 Å². The van der Waals surface area contributed by atoms with Gasteiger partial charge in [0, 0.05) is 25.2 Å². The van der Waals surface area contributed by atoms with Crippen LogP contribution in [0.1, 0.15) is 27.2 Å². The van der Waals surface area contributed by atoms with Gasteiger partial charge >= 0.3 is 0 Å². The number of fused-ring (bicyclic) bond motifs is 1. The van der Waals surface area contributed by atoms with Crippen molar-refractivity contribution in [2.24, 2.45) is 11.3 Å². The molecule has 1 saturated heterocycles. The fraction of sp³-hybridized carbons (Fsp3) is 0.300. The Labute approximate surface area is 227 Å². The highest BCUT2D eigenvalue weighted by Crippen LogP contribution is 2.33. The Morgan fingerprint density at radius 2 is 1.85 bits per heavy atom. The third-order valence-corrected chi connectivity index (χ3v) is 6.60. The summed E-state index contributed by atoms with van der Waals surface area (Å²) in [6, 6.07) is 19.4. The Balaban J connectivity index is 1.37. The van der Waals surface area contributed by atoms with Crippen molar-refractivity contribution in [3.8, 4) is 28.8 Å². The van der Waals surface area contributed by atoms with E-state index in [2.05, 4.69) is 16.0 Å². The second-order valence-corrected chi connectivity index (χ2v) is 10.9. The predicted molar refractivity (Wildman–Crippen MR) is 150 cm³/mol. The van der Waals surface area contributed by atoms with Gasteiger partial charge in [-0.2, -0.15) is 10.4 Å². The van der Waals surface area contributed by atoms with Crippen LogP contribution in [0.4, 0.5) is 5.82 Å². The molecule has 5 rings (SSSR count). The normalized spacial score (nSPS) is 15.9. The number of aromatic nitrogens is 4. The van der Waals surface area contributed by atoms with E-state index in [0.717, 1.165) is 17.7 Å². The molecule has 1 amide bonds. The summed E-state index contributed by atoms with van der Waals surface area (Å²) in [5, 5.41) is 15.1. The fourth-order valence-electron chi connectivity index (χ4n) is 4.82. The van der Waals surface area contributed by atoms with Gasteiger partial charge in [0.25, 0.3) is 5.91 Å². The number of nitrogens with two attached hydrogens (primary N) is 1. The minimum Gasteiger partial charge on any atom is -0.457 e. The van der Waals surface area contributed by atoms with E-state index in [4.69, 9.17) is 15.6 Å². The lowest BCUT2D eigenvalue weighted by molar-refractivity contribution is -0.125. The summed E-state index contributed by atoms with van der Waals surface area (Å²) in [4.78, 5) is 23.5. The molecule has 9 nitrogen and oxygen atoms in total. The minimum absolute atomic E-state index is 0.164. The van der Waals surface area contributed by atoms with Gasteiger partial charge < -0.3 is 15.4 Å². The molecule has 2 aromatic heterocycles. The van der Waals surface area contributed by atoms with E-state index >= 15 is 0 Å². The van der Waals surface area contributed by atoms with Gasteiger partial charge in [-0.05, 0) is 54.2 Å². The zero-order valence-corrected chi connectivity index (χ0v) is 22.3. The third-order valence-electron chi connectivity index (χ3n) is 6.60. The molecular formula is C30H31N7O2.